The van der Waals surface area contributed by atoms with Crippen molar-refractivity contribution in [1.29, 1.82) is 5.26 Å². The lowest BCUT2D eigenvalue weighted by Crippen LogP contribution is -2.24. The highest BCUT2D eigenvalue weighted by Gasteiger charge is 2.22. The molecule has 8 nitrogen and oxygen atoms in total. The van der Waals surface area contributed by atoms with Crippen molar-refractivity contribution >= 4 is 31.4 Å². The summed E-state index contributed by atoms with van der Waals surface area (Å²) >= 11 is 0. The molecule has 1 atom stereocenters. The molecule has 2 rings (SSSR count). The van der Waals surface area contributed by atoms with Crippen molar-refractivity contribution in [3.63, 3.8) is 0 Å². The lowest BCUT2D eigenvalue weighted by atomic mass is 10.3. The first-order chi connectivity index (χ1) is 14.8. The highest BCUT2D eigenvalue weighted by atomic mass is 32.2. The minimum Gasteiger partial charge on any atom is -0.288 e. The van der Waals surface area contributed by atoms with E-state index >= 15 is 0 Å². The Morgan fingerprint density at radius 2 is 1.45 bits per heavy atom. The van der Waals surface area contributed by atoms with Gasteiger partial charge >= 0.3 is 0 Å². The predicted molar refractivity (Wildman–Crippen MR) is 120 cm³/mol. The van der Waals surface area contributed by atoms with Gasteiger partial charge in [-0.3, -0.25) is 9.44 Å². The lowest BCUT2D eigenvalue weighted by Gasteiger charge is -2.09. The highest BCUT2D eigenvalue weighted by molar-refractivity contribution is 7.96. The average Bonchev–Trinajstić information content (AvgIpc) is 2.73. The zero-order valence-corrected chi connectivity index (χ0v) is 17.7. The molecule has 0 fully saturated rings. The van der Waals surface area contributed by atoms with Gasteiger partial charge in [0, 0.05) is 11.4 Å². The van der Waals surface area contributed by atoms with Gasteiger partial charge in [0.25, 0.3) is 25.1 Å². The molecule has 2 aromatic rings. The molecule has 2 N–H and O–H groups in total. The van der Waals surface area contributed by atoms with Crippen molar-refractivity contribution in [2.75, 3.05) is 9.44 Å². The summed E-state index contributed by atoms with van der Waals surface area (Å²) in [6.07, 6.45) is 6.09. The fraction of sp³-hybridized carbons (Fsp3) is 0.0476. The molecule has 0 aliphatic rings. The summed E-state index contributed by atoms with van der Waals surface area (Å²) < 4.78 is 53.8. The molecule has 0 aliphatic carbocycles. The Balaban J connectivity index is 2.08. The maximum absolute atomic E-state index is 12.3. The largest absolute Gasteiger partial charge is 0.297 e. The summed E-state index contributed by atoms with van der Waals surface area (Å²) in [5.41, 5.74) is 0.640. The molecule has 0 bridgehead atoms. The van der Waals surface area contributed by atoms with Gasteiger partial charge in [0.2, 0.25) is 0 Å². The summed E-state index contributed by atoms with van der Waals surface area (Å²) in [6, 6.07) is 17.9. The molecule has 0 spiro atoms. The minimum absolute atomic E-state index is 0.314. The summed E-state index contributed by atoms with van der Waals surface area (Å²) in [6.45, 7) is 7.10. The first-order valence-electron chi connectivity index (χ1n) is 8.75. The van der Waals surface area contributed by atoms with Gasteiger partial charge in [-0.2, -0.15) is 5.26 Å². The molecule has 0 saturated heterocycles. The summed E-state index contributed by atoms with van der Waals surface area (Å²) in [7, 11) is -8.06. The van der Waals surface area contributed by atoms with Crippen LogP contribution in [-0.4, -0.2) is 22.1 Å². The Morgan fingerprint density at radius 1 is 0.903 bits per heavy atom. The number of hydrogen-bond donors (Lipinski definition) is 2. The third-order valence-corrected chi connectivity index (χ3v) is 6.39. The lowest BCUT2D eigenvalue weighted by molar-refractivity contribution is 0.599. The molecule has 0 radical (unpaired) electrons. The molecule has 31 heavy (non-hydrogen) atoms. The van der Waals surface area contributed by atoms with Gasteiger partial charge in [0.05, 0.1) is 12.6 Å². The molecule has 2 aromatic carbocycles. The SMILES string of the molecule is [C-]#[N+]C(=CC=CC=CC(C#N)S(=O)(=O)Nc1ccccc1)S(=O)(=O)Nc1ccccc1. The van der Waals surface area contributed by atoms with E-state index in [0.717, 1.165) is 12.2 Å². The third kappa shape index (κ3) is 7.16. The van der Waals surface area contributed by atoms with E-state index < -0.39 is 30.3 Å². The van der Waals surface area contributed by atoms with Crippen LogP contribution < -0.4 is 9.44 Å². The van der Waals surface area contributed by atoms with Crippen molar-refractivity contribution in [2.45, 2.75) is 5.25 Å². The Kier molecular flexibility index (Phi) is 8.15. The van der Waals surface area contributed by atoms with E-state index in [4.69, 9.17) is 6.57 Å². The Morgan fingerprint density at radius 3 is 1.97 bits per heavy atom. The van der Waals surface area contributed by atoms with Gasteiger partial charge in [-0.15, -0.1) is 0 Å². The van der Waals surface area contributed by atoms with E-state index in [-0.39, 0.29) is 0 Å². The van der Waals surface area contributed by atoms with Crippen LogP contribution in [0.3, 0.4) is 0 Å². The number of rotatable bonds is 9. The molecule has 0 heterocycles. The first-order valence-corrected chi connectivity index (χ1v) is 11.8. The minimum atomic E-state index is -4.07. The van der Waals surface area contributed by atoms with Crippen LogP contribution in [0.4, 0.5) is 11.4 Å². The third-order valence-electron chi connectivity index (χ3n) is 3.65. The maximum atomic E-state index is 12.3. The molecule has 0 saturated carbocycles. The Bertz CT molecular complexity index is 1270. The highest BCUT2D eigenvalue weighted by Crippen LogP contribution is 2.15. The quantitative estimate of drug-likeness (QED) is 0.443. The molecule has 10 heteroatoms. The molecule has 158 valence electrons. The monoisotopic (exact) mass is 454 g/mol. The van der Waals surface area contributed by atoms with Crippen LogP contribution >= 0.6 is 0 Å². The van der Waals surface area contributed by atoms with Crippen LogP contribution in [0.2, 0.25) is 0 Å². The van der Waals surface area contributed by atoms with E-state index in [0.29, 0.717) is 11.4 Å². The number of allylic oxidation sites excluding steroid dienone is 4. The smallest absolute Gasteiger partial charge is 0.288 e. The second-order valence-corrected chi connectivity index (χ2v) is 9.35. The van der Waals surface area contributed by atoms with E-state index in [1.807, 2.05) is 0 Å². The van der Waals surface area contributed by atoms with Crippen LogP contribution in [0.15, 0.2) is 96.1 Å². The average molecular weight is 455 g/mol. The first kappa shape index (κ1) is 23.4. The molecule has 0 aromatic heterocycles. The molecule has 0 amide bonds. The summed E-state index contributed by atoms with van der Waals surface area (Å²) in [4.78, 5) is 3.02. The fourth-order valence-corrected chi connectivity index (χ4v) is 4.17. The number of nitrogens with one attached hydrogen (secondary N) is 2. The number of para-hydroxylation sites is 2. The van der Waals surface area contributed by atoms with Gasteiger partial charge < -0.3 is 0 Å². The topological polar surface area (TPSA) is 120 Å². The number of hydrogen-bond acceptors (Lipinski definition) is 5. The van der Waals surface area contributed by atoms with Crippen LogP contribution in [0, 0.1) is 17.9 Å². The number of nitriles is 1. The molecular weight excluding hydrogens is 436 g/mol. The van der Waals surface area contributed by atoms with Crippen LogP contribution in [0.25, 0.3) is 4.85 Å². The normalized spacial score (nSPS) is 13.4. The van der Waals surface area contributed by atoms with Crippen LogP contribution in [-0.2, 0) is 20.0 Å². The van der Waals surface area contributed by atoms with Gasteiger partial charge in [0.15, 0.2) is 5.25 Å². The van der Waals surface area contributed by atoms with Gasteiger partial charge in [-0.05, 0) is 30.3 Å². The maximum Gasteiger partial charge on any atom is 0.297 e. The standard InChI is InChI=1S/C21H18N4O4S2/c1-23-21(31(28,29)25-19-13-7-3-8-14-19)16-10-4-9-15-20(17-22)30(26,27)24-18-11-5-2-6-12-18/h2-16,20,24-25H. The van der Waals surface area contributed by atoms with Crippen molar-refractivity contribution < 1.29 is 16.8 Å². The van der Waals surface area contributed by atoms with E-state index in [9.17, 15) is 22.1 Å². The number of nitrogens with zero attached hydrogens (tertiary/aromatic N) is 2. The van der Waals surface area contributed by atoms with Crippen molar-refractivity contribution in [1.82, 2.24) is 0 Å². The number of benzene rings is 2. The fourth-order valence-electron chi connectivity index (χ4n) is 2.22. The van der Waals surface area contributed by atoms with E-state index in [1.54, 1.807) is 66.7 Å². The summed E-state index contributed by atoms with van der Waals surface area (Å²) in [5, 5.41) is 7.17. The van der Waals surface area contributed by atoms with Gasteiger partial charge in [0.1, 0.15) is 0 Å². The van der Waals surface area contributed by atoms with Crippen molar-refractivity contribution in [3.05, 3.63) is 107 Å². The Labute approximate surface area is 181 Å². The van der Waals surface area contributed by atoms with Crippen molar-refractivity contribution in [3.8, 4) is 6.07 Å². The van der Waals surface area contributed by atoms with Gasteiger partial charge in [-0.1, -0.05) is 60.7 Å². The molecular formula is C21H18N4O4S2. The molecule has 1 unspecified atom stereocenters. The van der Waals surface area contributed by atoms with Crippen molar-refractivity contribution in [2.24, 2.45) is 0 Å². The van der Waals surface area contributed by atoms with E-state index in [1.165, 1.54) is 18.2 Å². The van der Waals surface area contributed by atoms with E-state index in [2.05, 4.69) is 14.3 Å². The number of anilines is 2. The second kappa shape index (κ2) is 10.8. The summed E-state index contributed by atoms with van der Waals surface area (Å²) in [5.74, 6) is 0. The zero-order valence-electron chi connectivity index (χ0n) is 16.1. The molecule has 0 aliphatic heterocycles. The predicted octanol–water partition coefficient (Wildman–Crippen LogP) is 3.64. The number of sulfonamides is 2. The van der Waals surface area contributed by atoms with Gasteiger partial charge in [-0.25, -0.2) is 21.7 Å². The Hall–Kier alpha value is -3.86. The second-order valence-electron chi connectivity index (χ2n) is 5.92. The van der Waals surface area contributed by atoms with Crippen LogP contribution in [0.5, 0.6) is 0 Å². The zero-order chi connectivity index (χ0) is 22.7. The van der Waals surface area contributed by atoms with Crippen LogP contribution in [0.1, 0.15) is 0 Å².